The van der Waals surface area contributed by atoms with Crippen LogP contribution in [-0.2, 0) is 9.59 Å². The molecule has 0 saturated carbocycles. The lowest BCUT2D eigenvalue weighted by Gasteiger charge is -2.42. The number of likely N-dealkylation sites (tertiary alicyclic amines) is 2. The lowest BCUT2D eigenvalue weighted by molar-refractivity contribution is -0.135. The summed E-state index contributed by atoms with van der Waals surface area (Å²) in [5, 5.41) is 0. The Balaban J connectivity index is 0.00000361. The average Bonchev–Trinajstić information content (AvgIpc) is 3.32. The zero-order valence-corrected chi connectivity index (χ0v) is 23.4. The van der Waals surface area contributed by atoms with Crippen LogP contribution < -0.4 is 0 Å². The molecule has 0 aliphatic carbocycles. The number of carbonyl (C=O) groups excluding carboxylic acids is 3. The summed E-state index contributed by atoms with van der Waals surface area (Å²) >= 11 is 0. The second kappa shape index (κ2) is 11.1. The molecule has 4 rings (SSSR count). The van der Waals surface area contributed by atoms with E-state index in [1.807, 2.05) is 19.9 Å². The van der Waals surface area contributed by atoms with E-state index in [1.165, 1.54) is 10.5 Å². The molecule has 8 heteroatoms. The minimum atomic E-state index is -0.679. The number of piperidine rings is 1. The van der Waals surface area contributed by atoms with Crippen LogP contribution in [0.1, 0.15) is 65.4 Å². The minimum Gasteiger partial charge on any atom is -0.342 e. The Bertz CT molecular complexity index is 940. The van der Waals surface area contributed by atoms with Gasteiger partial charge in [-0.15, -0.1) is 12.4 Å². The van der Waals surface area contributed by atoms with Gasteiger partial charge in [0.25, 0.3) is 5.91 Å². The lowest BCUT2D eigenvalue weighted by Crippen LogP contribution is -2.57. The van der Waals surface area contributed by atoms with Crippen LogP contribution in [0.4, 0.5) is 4.79 Å². The highest BCUT2D eigenvalue weighted by Crippen LogP contribution is 2.39. The van der Waals surface area contributed by atoms with Crippen molar-refractivity contribution in [2.24, 2.45) is 11.3 Å². The zero-order chi connectivity index (χ0) is 25.4. The number of likely N-dealkylation sites (N-methyl/N-ethyl adjacent to an activating group) is 2. The fourth-order valence-electron chi connectivity index (χ4n) is 6.32. The molecule has 1 aromatic rings. The van der Waals surface area contributed by atoms with E-state index in [2.05, 4.69) is 54.8 Å². The van der Waals surface area contributed by atoms with Gasteiger partial charge in [-0.2, -0.15) is 0 Å². The third-order valence-electron chi connectivity index (χ3n) is 8.13. The molecule has 1 spiro atoms. The van der Waals surface area contributed by atoms with Crippen molar-refractivity contribution in [3.05, 3.63) is 35.9 Å². The second-order valence-electron chi connectivity index (χ2n) is 11.7. The van der Waals surface area contributed by atoms with E-state index in [0.29, 0.717) is 44.2 Å². The molecule has 4 amide bonds. The quantitative estimate of drug-likeness (QED) is 0.529. The van der Waals surface area contributed by atoms with Gasteiger partial charge in [0, 0.05) is 58.2 Å². The highest BCUT2D eigenvalue weighted by molar-refractivity contribution is 6.07. The van der Waals surface area contributed by atoms with E-state index in [-0.39, 0.29) is 35.7 Å². The van der Waals surface area contributed by atoms with Crippen molar-refractivity contribution >= 4 is 30.3 Å². The van der Waals surface area contributed by atoms with Gasteiger partial charge in [-0.05, 0) is 43.6 Å². The molecule has 3 aliphatic heterocycles. The first kappa shape index (κ1) is 28.5. The molecular weight excluding hydrogens is 476 g/mol. The Morgan fingerprint density at radius 1 is 1.00 bits per heavy atom. The Kier molecular flexibility index (Phi) is 8.77. The predicted molar refractivity (Wildman–Crippen MR) is 144 cm³/mol. The fraction of sp³-hybridized carbons (Fsp3) is 0.679. The second-order valence-corrected chi connectivity index (χ2v) is 11.7. The molecule has 0 aromatic heterocycles. The summed E-state index contributed by atoms with van der Waals surface area (Å²) in [5.41, 5.74) is 0.590. The molecular formula is C28H43ClN4O3. The van der Waals surface area contributed by atoms with Crippen LogP contribution in [-0.4, -0.2) is 88.8 Å². The van der Waals surface area contributed by atoms with Gasteiger partial charge in [0.1, 0.15) is 5.54 Å². The molecule has 3 aliphatic rings. The first-order valence-electron chi connectivity index (χ1n) is 13.3. The molecule has 3 saturated heterocycles. The van der Waals surface area contributed by atoms with Gasteiger partial charge in [0.15, 0.2) is 0 Å². The van der Waals surface area contributed by atoms with E-state index < -0.39 is 5.54 Å². The van der Waals surface area contributed by atoms with Crippen molar-refractivity contribution in [1.29, 1.82) is 0 Å². The van der Waals surface area contributed by atoms with Gasteiger partial charge in [-0.25, -0.2) is 4.79 Å². The van der Waals surface area contributed by atoms with Crippen LogP contribution in [0, 0.1) is 11.3 Å². The van der Waals surface area contributed by atoms with Crippen LogP contribution in [0.25, 0.3) is 0 Å². The van der Waals surface area contributed by atoms with E-state index >= 15 is 0 Å². The third kappa shape index (κ3) is 5.42. The number of rotatable bonds is 6. The summed E-state index contributed by atoms with van der Waals surface area (Å²) in [4.78, 5) is 46.8. The number of benzene rings is 1. The SMILES string of the molecule is CCN1C(=O)N(CC)C2(CCN(C[C@H]3CN(C(=O)CC(C)(C)C)C[C@@H]3c3ccccc3)CC2)C1=O.Cl. The number of carbonyl (C=O) groups is 3. The molecule has 0 unspecified atom stereocenters. The van der Waals surface area contributed by atoms with Crippen molar-refractivity contribution < 1.29 is 14.4 Å². The average molecular weight is 519 g/mol. The molecule has 200 valence electrons. The Morgan fingerprint density at radius 2 is 1.64 bits per heavy atom. The lowest BCUT2D eigenvalue weighted by atomic mass is 9.84. The summed E-state index contributed by atoms with van der Waals surface area (Å²) < 4.78 is 0. The number of hydrogen-bond donors (Lipinski definition) is 0. The van der Waals surface area contributed by atoms with Crippen LogP contribution in [0.15, 0.2) is 30.3 Å². The standard InChI is InChI=1S/C28H42N4O3.ClH/c1-6-31-25(34)28(32(7-2)26(31)35)13-15-29(16-14-28)18-22-19-30(24(33)17-27(3,4)5)20-23(22)21-11-9-8-10-12-21;/h8-12,22-23H,6-7,13-20H2,1-5H3;1H/t22-,23+;/m0./s1. The molecule has 7 nitrogen and oxygen atoms in total. The number of hydrogen-bond acceptors (Lipinski definition) is 4. The molecule has 0 radical (unpaired) electrons. The van der Waals surface area contributed by atoms with Gasteiger partial charge in [0.2, 0.25) is 5.91 Å². The van der Waals surface area contributed by atoms with Crippen molar-refractivity contribution in [3.63, 3.8) is 0 Å². The normalized spacial score (nSPS) is 24.5. The number of imide groups is 1. The fourth-order valence-corrected chi connectivity index (χ4v) is 6.32. The van der Waals surface area contributed by atoms with Gasteiger partial charge in [0.05, 0.1) is 0 Å². The van der Waals surface area contributed by atoms with Crippen molar-refractivity contribution in [3.8, 4) is 0 Å². The number of nitrogens with zero attached hydrogens (tertiary/aromatic N) is 4. The van der Waals surface area contributed by atoms with Crippen LogP contribution in [0.3, 0.4) is 0 Å². The molecule has 0 N–H and O–H groups in total. The minimum absolute atomic E-state index is 0. The van der Waals surface area contributed by atoms with E-state index in [1.54, 1.807) is 4.90 Å². The highest BCUT2D eigenvalue weighted by atomic mass is 35.5. The van der Waals surface area contributed by atoms with E-state index in [9.17, 15) is 14.4 Å². The highest BCUT2D eigenvalue weighted by Gasteiger charge is 2.57. The summed E-state index contributed by atoms with van der Waals surface area (Å²) in [7, 11) is 0. The summed E-state index contributed by atoms with van der Waals surface area (Å²) in [5.74, 6) is 0.888. The Hall–Kier alpha value is -2.12. The first-order valence-corrected chi connectivity index (χ1v) is 13.3. The predicted octanol–water partition coefficient (Wildman–Crippen LogP) is 4.23. The maximum Gasteiger partial charge on any atom is 0.327 e. The summed E-state index contributed by atoms with van der Waals surface area (Å²) in [6.45, 7) is 15.2. The number of halogens is 1. The van der Waals surface area contributed by atoms with E-state index in [4.69, 9.17) is 0 Å². The monoisotopic (exact) mass is 518 g/mol. The maximum atomic E-state index is 13.2. The molecule has 3 fully saturated rings. The van der Waals surface area contributed by atoms with Crippen molar-refractivity contribution in [2.45, 2.75) is 65.3 Å². The van der Waals surface area contributed by atoms with Crippen LogP contribution in [0.2, 0.25) is 0 Å². The molecule has 3 heterocycles. The van der Waals surface area contributed by atoms with Crippen LogP contribution in [0.5, 0.6) is 0 Å². The van der Waals surface area contributed by atoms with Crippen molar-refractivity contribution in [1.82, 2.24) is 19.6 Å². The Labute approximate surface area is 222 Å². The zero-order valence-electron chi connectivity index (χ0n) is 22.5. The largest absolute Gasteiger partial charge is 0.342 e. The summed E-state index contributed by atoms with van der Waals surface area (Å²) in [6, 6.07) is 10.4. The first-order chi connectivity index (χ1) is 16.6. The smallest absolute Gasteiger partial charge is 0.327 e. The number of amides is 4. The molecule has 1 aromatic carbocycles. The molecule has 0 bridgehead atoms. The third-order valence-corrected chi connectivity index (χ3v) is 8.13. The Morgan fingerprint density at radius 3 is 2.19 bits per heavy atom. The van der Waals surface area contributed by atoms with Gasteiger partial charge >= 0.3 is 6.03 Å². The molecule has 2 atom stereocenters. The van der Waals surface area contributed by atoms with Gasteiger partial charge in [-0.1, -0.05) is 51.1 Å². The number of urea groups is 1. The molecule has 36 heavy (non-hydrogen) atoms. The van der Waals surface area contributed by atoms with Crippen LogP contribution >= 0.6 is 12.4 Å². The van der Waals surface area contributed by atoms with Gasteiger partial charge in [-0.3, -0.25) is 14.5 Å². The maximum absolute atomic E-state index is 13.2. The summed E-state index contributed by atoms with van der Waals surface area (Å²) in [6.07, 6.45) is 1.92. The topological polar surface area (TPSA) is 64.2 Å². The van der Waals surface area contributed by atoms with Gasteiger partial charge < -0.3 is 14.7 Å². The van der Waals surface area contributed by atoms with E-state index in [0.717, 1.165) is 32.7 Å². The van der Waals surface area contributed by atoms with Crippen molar-refractivity contribution in [2.75, 3.05) is 45.8 Å².